The lowest BCUT2D eigenvalue weighted by Crippen LogP contribution is -2.47. The summed E-state index contributed by atoms with van der Waals surface area (Å²) in [5.74, 6) is -0.131. The third-order valence-corrected chi connectivity index (χ3v) is 6.44. The van der Waals surface area contributed by atoms with Crippen LogP contribution in [0, 0.1) is 17.3 Å². The van der Waals surface area contributed by atoms with Crippen LogP contribution in [0.3, 0.4) is 0 Å². The first-order valence-electron chi connectivity index (χ1n) is 11.7. The number of hydrogen-bond donors (Lipinski definition) is 1. The molecule has 2 aliphatic rings. The molecule has 0 spiro atoms. The number of amides is 3. The quantitative estimate of drug-likeness (QED) is 0.668. The Morgan fingerprint density at radius 3 is 2.38 bits per heavy atom. The van der Waals surface area contributed by atoms with Crippen LogP contribution in [0.25, 0.3) is 0 Å². The minimum Gasteiger partial charge on any atom is -0.355 e. The number of carbonyl (C=O) groups is 3. The van der Waals surface area contributed by atoms with E-state index in [1.165, 1.54) is 0 Å². The maximum atomic E-state index is 13.0. The lowest BCUT2D eigenvalue weighted by molar-refractivity contribution is -0.139. The molecule has 2 heterocycles. The van der Waals surface area contributed by atoms with Crippen LogP contribution in [-0.2, 0) is 20.9 Å². The lowest BCUT2D eigenvalue weighted by Gasteiger charge is -2.34. The molecular weight excluding hydrogens is 404 g/mol. The van der Waals surface area contributed by atoms with E-state index in [4.69, 9.17) is 0 Å². The highest BCUT2D eigenvalue weighted by molar-refractivity contribution is 5.89. The summed E-state index contributed by atoms with van der Waals surface area (Å²) in [7, 11) is 4.07. The molecule has 32 heavy (non-hydrogen) atoms. The zero-order chi connectivity index (χ0) is 23.3. The van der Waals surface area contributed by atoms with Gasteiger partial charge in [-0.25, -0.2) is 0 Å². The van der Waals surface area contributed by atoms with Crippen molar-refractivity contribution in [3.63, 3.8) is 0 Å². The number of benzene rings is 1. The third-order valence-electron chi connectivity index (χ3n) is 6.44. The summed E-state index contributed by atoms with van der Waals surface area (Å²) in [6, 6.07) is 9.88. The van der Waals surface area contributed by atoms with Gasteiger partial charge in [-0.1, -0.05) is 44.2 Å². The molecule has 0 radical (unpaired) electrons. The number of piperidine rings is 1. The molecule has 2 fully saturated rings. The summed E-state index contributed by atoms with van der Waals surface area (Å²) in [5.41, 5.74) is 1.09. The number of rotatable bonds is 8. The summed E-state index contributed by atoms with van der Waals surface area (Å²) < 4.78 is 0. The van der Waals surface area contributed by atoms with Crippen LogP contribution in [0.15, 0.2) is 30.3 Å². The van der Waals surface area contributed by atoms with Gasteiger partial charge in [0.15, 0.2) is 0 Å². The van der Waals surface area contributed by atoms with Crippen LogP contribution in [0.2, 0.25) is 0 Å². The van der Waals surface area contributed by atoms with Crippen LogP contribution in [-0.4, -0.2) is 79.2 Å². The Kier molecular flexibility index (Phi) is 7.93. The molecule has 0 aliphatic carbocycles. The zero-order valence-electron chi connectivity index (χ0n) is 20.0. The average Bonchev–Trinajstić information content (AvgIpc) is 3.11. The molecule has 1 atom stereocenters. The molecule has 3 rings (SSSR count). The van der Waals surface area contributed by atoms with Gasteiger partial charge in [-0.3, -0.25) is 14.4 Å². The van der Waals surface area contributed by atoms with Gasteiger partial charge >= 0.3 is 0 Å². The predicted molar refractivity (Wildman–Crippen MR) is 125 cm³/mol. The SMILES string of the molecule is CN(C)CC(C)(C)CNC(=O)C1CCN(C(=O)C2CC(=O)N(Cc3ccccc3)C2)CC1. The van der Waals surface area contributed by atoms with E-state index in [0.717, 1.165) is 12.1 Å². The summed E-state index contributed by atoms with van der Waals surface area (Å²) in [6.45, 7) is 8.05. The smallest absolute Gasteiger partial charge is 0.227 e. The first-order chi connectivity index (χ1) is 15.1. The summed E-state index contributed by atoms with van der Waals surface area (Å²) >= 11 is 0. The Balaban J connectivity index is 1.44. The van der Waals surface area contributed by atoms with Crippen molar-refractivity contribution in [3.05, 3.63) is 35.9 Å². The van der Waals surface area contributed by atoms with Crippen LogP contribution in [0.4, 0.5) is 0 Å². The highest BCUT2D eigenvalue weighted by Gasteiger charge is 2.38. The monoisotopic (exact) mass is 442 g/mol. The fourth-order valence-corrected chi connectivity index (χ4v) is 4.90. The summed E-state index contributed by atoms with van der Waals surface area (Å²) in [6.07, 6.45) is 1.65. The second-order valence-corrected chi connectivity index (χ2v) is 10.4. The van der Waals surface area contributed by atoms with Gasteiger partial charge in [0.25, 0.3) is 0 Å². The van der Waals surface area contributed by atoms with Gasteiger partial charge in [-0.2, -0.15) is 0 Å². The standard InChI is InChI=1S/C25H38N4O3/c1-25(2,18-27(3)4)17-26-23(31)20-10-12-28(13-11-20)24(32)21-14-22(30)29(16-21)15-19-8-6-5-7-9-19/h5-9,20-21H,10-18H2,1-4H3,(H,26,31). The first-order valence-corrected chi connectivity index (χ1v) is 11.7. The van der Waals surface area contributed by atoms with E-state index in [2.05, 4.69) is 24.1 Å². The summed E-state index contributed by atoms with van der Waals surface area (Å²) in [5, 5.41) is 3.11. The molecule has 1 aromatic rings. The Morgan fingerprint density at radius 2 is 1.75 bits per heavy atom. The number of nitrogens with zero attached hydrogens (tertiary/aromatic N) is 3. The Bertz CT molecular complexity index is 801. The van der Waals surface area contributed by atoms with Crippen molar-refractivity contribution in [2.45, 2.75) is 39.7 Å². The normalized spacial score (nSPS) is 20.2. The Hall–Kier alpha value is -2.41. The van der Waals surface area contributed by atoms with Crippen LogP contribution >= 0.6 is 0 Å². The molecule has 7 heteroatoms. The largest absolute Gasteiger partial charge is 0.355 e. The predicted octanol–water partition coefficient (Wildman–Crippen LogP) is 1.98. The third kappa shape index (κ3) is 6.55. The zero-order valence-corrected chi connectivity index (χ0v) is 20.0. The molecule has 0 bridgehead atoms. The van der Waals surface area contributed by atoms with Gasteiger partial charge in [0.2, 0.25) is 17.7 Å². The average molecular weight is 443 g/mol. The molecular formula is C25H38N4O3. The van der Waals surface area contributed by atoms with Crippen LogP contribution in [0.5, 0.6) is 0 Å². The van der Waals surface area contributed by atoms with E-state index in [1.807, 2.05) is 49.3 Å². The molecule has 0 aromatic heterocycles. The van der Waals surface area contributed by atoms with E-state index in [9.17, 15) is 14.4 Å². The van der Waals surface area contributed by atoms with Crippen LogP contribution in [0.1, 0.15) is 38.7 Å². The molecule has 0 saturated carbocycles. The van der Waals surface area contributed by atoms with Crippen molar-refractivity contribution in [1.29, 1.82) is 0 Å². The van der Waals surface area contributed by atoms with Crippen molar-refractivity contribution in [2.24, 2.45) is 17.3 Å². The topological polar surface area (TPSA) is 73.0 Å². The van der Waals surface area contributed by atoms with Gasteiger partial charge in [0.1, 0.15) is 0 Å². The molecule has 2 aliphatic heterocycles. The maximum Gasteiger partial charge on any atom is 0.227 e. The van der Waals surface area contributed by atoms with Gasteiger partial charge in [0.05, 0.1) is 5.92 Å². The van der Waals surface area contributed by atoms with E-state index in [-0.39, 0.29) is 41.4 Å². The fourth-order valence-electron chi connectivity index (χ4n) is 4.90. The van der Waals surface area contributed by atoms with Crippen molar-refractivity contribution in [3.8, 4) is 0 Å². The highest BCUT2D eigenvalue weighted by atomic mass is 16.2. The van der Waals surface area contributed by atoms with Gasteiger partial charge in [-0.15, -0.1) is 0 Å². The Morgan fingerprint density at radius 1 is 1.09 bits per heavy atom. The van der Waals surface area contributed by atoms with Crippen molar-refractivity contribution >= 4 is 17.7 Å². The van der Waals surface area contributed by atoms with Gasteiger partial charge in [-0.05, 0) is 37.9 Å². The van der Waals surface area contributed by atoms with Crippen molar-refractivity contribution < 1.29 is 14.4 Å². The lowest BCUT2D eigenvalue weighted by atomic mass is 9.91. The van der Waals surface area contributed by atoms with E-state index in [1.54, 1.807) is 4.90 Å². The minimum atomic E-state index is -0.275. The minimum absolute atomic E-state index is 0.0104. The van der Waals surface area contributed by atoms with Crippen molar-refractivity contribution in [2.75, 3.05) is 46.8 Å². The van der Waals surface area contributed by atoms with E-state index >= 15 is 0 Å². The molecule has 1 unspecified atom stereocenters. The number of nitrogens with one attached hydrogen (secondary N) is 1. The van der Waals surface area contributed by atoms with E-state index in [0.29, 0.717) is 45.6 Å². The van der Waals surface area contributed by atoms with Gasteiger partial charge < -0.3 is 20.0 Å². The van der Waals surface area contributed by atoms with Crippen molar-refractivity contribution in [1.82, 2.24) is 20.0 Å². The molecule has 176 valence electrons. The fraction of sp³-hybridized carbons (Fsp3) is 0.640. The van der Waals surface area contributed by atoms with Gasteiger partial charge in [0, 0.05) is 51.6 Å². The second kappa shape index (κ2) is 10.5. The number of likely N-dealkylation sites (tertiary alicyclic amines) is 2. The molecule has 7 nitrogen and oxygen atoms in total. The maximum absolute atomic E-state index is 13.0. The summed E-state index contributed by atoms with van der Waals surface area (Å²) in [4.78, 5) is 43.9. The number of hydrogen-bond acceptors (Lipinski definition) is 4. The first kappa shape index (κ1) is 24.2. The molecule has 1 aromatic carbocycles. The number of carbonyl (C=O) groups excluding carboxylic acids is 3. The van der Waals surface area contributed by atoms with E-state index < -0.39 is 0 Å². The molecule has 2 saturated heterocycles. The van der Waals surface area contributed by atoms with Crippen LogP contribution < -0.4 is 5.32 Å². The highest BCUT2D eigenvalue weighted by Crippen LogP contribution is 2.25. The molecule has 1 N–H and O–H groups in total. The second-order valence-electron chi connectivity index (χ2n) is 10.4. The molecule has 3 amide bonds. The Labute approximate surface area is 192 Å².